The summed E-state index contributed by atoms with van der Waals surface area (Å²) in [6.07, 6.45) is 0. The lowest BCUT2D eigenvalue weighted by Gasteiger charge is -2.13. The van der Waals surface area contributed by atoms with Gasteiger partial charge in [-0.05, 0) is 53.2 Å². The van der Waals surface area contributed by atoms with Crippen LogP contribution in [-0.4, -0.2) is 38.8 Å². The first-order valence-corrected chi connectivity index (χ1v) is 10.7. The number of hydrogen-bond donors (Lipinski definition) is 1. The van der Waals surface area contributed by atoms with Crippen LogP contribution in [0.5, 0.6) is 23.0 Å². The second-order valence-electron chi connectivity index (χ2n) is 5.98. The van der Waals surface area contributed by atoms with Gasteiger partial charge < -0.3 is 18.9 Å². The number of benzene rings is 2. The van der Waals surface area contributed by atoms with Gasteiger partial charge in [-0.15, -0.1) is 11.3 Å². The molecule has 0 spiro atoms. The minimum absolute atomic E-state index is 0.310. The second kappa shape index (κ2) is 9.82. The predicted octanol–water partition coefficient (Wildman–Crippen LogP) is 5.25. The molecule has 0 atom stereocenters. The van der Waals surface area contributed by atoms with Gasteiger partial charge in [-0.1, -0.05) is 0 Å². The number of carbonyl (C=O) groups is 1. The van der Waals surface area contributed by atoms with Gasteiger partial charge in [0.25, 0.3) is 5.91 Å². The van der Waals surface area contributed by atoms with E-state index in [0.717, 1.165) is 5.56 Å². The number of nitrogens with one attached hydrogen (secondary N) is 1. The molecule has 0 aliphatic carbocycles. The quantitative estimate of drug-likeness (QED) is 0.462. The van der Waals surface area contributed by atoms with Crippen LogP contribution in [0.4, 0.5) is 5.13 Å². The van der Waals surface area contributed by atoms with Crippen molar-refractivity contribution in [3.05, 3.63) is 45.7 Å². The summed E-state index contributed by atoms with van der Waals surface area (Å²) in [5, 5.41) is 5.13. The maximum Gasteiger partial charge on any atom is 0.257 e. The molecular weight excluding hydrogens is 472 g/mol. The van der Waals surface area contributed by atoms with Crippen molar-refractivity contribution in [3.8, 4) is 34.3 Å². The fourth-order valence-electron chi connectivity index (χ4n) is 2.77. The Balaban J connectivity index is 1.85. The molecule has 7 nitrogen and oxygen atoms in total. The third-order valence-corrected chi connectivity index (χ3v) is 5.53. The smallest absolute Gasteiger partial charge is 0.257 e. The molecular formula is C21H21BrN2O5S. The average molecular weight is 493 g/mol. The monoisotopic (exact) mass is 492 g/mol. The van der Waals surface area contributed by atoms with Crippen molar-refractivity contribution in [2.24, 2.45) is 0 Å². The van der Waals surface area contributed by atoms with Gasteiger partial charge in [0, 0.05) is 16.5 Å². The number of amides is 1. The number of ether oxygens (including phenoxy) is 4. The number of halogens is 1. The maximum atomic E-state index is 12.8. The minimum atomic E-state index is -0.310. The van der Waals surface area contributed by atoms with Gasteiger partial charge in [-0.2, -0.15) is 0 Å². The van der Waals surface area contributed by atoms with Crippen LogP contribution in [-0.2, 0) is 0 Å². The van der Waals surface area contributed by atoms with Crippen LogP contribution in [0.3, 0.4) is 0 Å². The largest absolute Gasteiger partial charge is 0.497 e. The van der Waals surface area contributed by atoms with E-state index in [9.17, 15) is 4.79 Å². The number of methoxy groups -OCH3 is 3. The van der Waals surface area contributed by atoms with Crippen molar-refractivity contribution >= 4 is 38.3 Å². The highest BCUT2D eigenvalue weighted by atomic mass is 79.9. The fraction of sp³-hybridized carbons (Fsp3) is 0.238. The first-order valence-electron chi connectivity index (χ1n) is 9.00. The van der Waals surface area contributed by atoms with Crippen LogP contribution in [0.25, 0.3) is 11.3 Å². The summed E-state index contributed by atoms with van der Waals surface area (Å²) in [6, 6.07) is 8.78. The van der Waals surface area contributed by atoms with Crippen molar-refractivity contribution in [3.63, 3.8) is 0 Å². The predicted molar refractivity (Wildman–Crippen MR) is 120 cm³/mol. The maximum absolute atomic E-state index is 12.8. The number of nitrogens with zero attached hydrogens (tertiary/aromatic N) is 1. The molecule has 0 aliphatic heterocycles. The first-order chi connectivity index (χ1) is 14.5. The van der Waals surface area contributed by atoms with Crippen LogP contribution in [0.15, 0.2) is 40.2 Å². The van der Waals surface area contributed by atoms with Crippen molar-refractivity contribution in [2.75, 3.05) is 33.3 Å². The molecule has 0 aliphatic rings. The van der Waals surface area contributed by atoms with Crippen LogP contribution >= 0.6 is 27.3 Å². The molecule has 30 heavy (non-hydrogen) atoms. The highest BCUT2D eigenvalue weighted by Crippen LogP contribution is 2.38. The molecule has 1 N–H and O–H groups in total. The minimum Gasteiger partial charge on any atom is -0.497 e. The van der Waals surface area contributed by atoms with E-state index in [2.05, 4.69) is 26.2 Å². The molecule has 0 bridgehead atoms. The zero-order valence-electron chi connectivity index (χ0n) is 16.9. The van der Waals surface area contributed by atoms with E-state index < -0.39 is 0 Å². The molecule has 0 saturated heterocycles. The summed E-state index contributed by atoms with van der Waals surface area (Å²) in [6.45, 7) is 2.36. The Bertz CT molecular complexity index is 1050. The van der Waals surface area contributed by atoms with Crippen molar-refractivity contribution in [1.82, 2.24) is 4.98 Å². The molecule has 1 heterocycles. The molecule has 0 unspecified atom stereocenters. The van der Waals surface area contributed by atoms with E-state index in [-0.39, 0.29) is 5.91 Å². The lowest BCUT2D eigenvalue weighted by molar-refractivity contribution is 0.102. The second-order valence-corrected chi connectivity index (χ2v) is 7.69. The first kappa shape index (κ1) is 21.9. The number of hydrogen-bond acceptors (Lipinski definition) is 7. The molecule has 158 valence electrons. The van der Waals surface area contributed by atoms with Crippen molar-refractivity contribution in [1.29, 1.82) is 0 Å². The Morgan fingerprint density at radius 1 is 1.10 bits per heavy atom. The lowest BCUT2D eigenvalue weighted by atomic mass is 10.1. The van der Waals surface area contributed by atoms with Gasteiger partial charge in [0.15, 0.2) is 16.6 Å². The van der Waals surface area contributed by atoms with Crippen LogP contribution < -0.4 is 24.3 Å². The summed E-state index contributed by atoms with van der Waals surface area (Å²) in [4.78, 5) is 17.3. The third kappa shape index (κ3) is 4.68. The third-order valence-electron chi connectivity index (χ3n) is 4.19. The standard InChI is InChI=1S/C21H21BrN2O5S/c1-5-29-19-15(22)8-12(9-18(19)28-4)20(25)24-21-23-16(11-30-21)14-10-13(26-2)6-7-17(14)27-3/h6-11H,5H2,1-4H3,(H,23,24,25). The van der Waals surface area contributed by atoms with E-state index in [1.165, 1.54) is 18.4 Å². The molecule has 1 aromatic heterocycles. The molecule has 3 rings (SSSR count). The van der Waals surface area contributed by atoms with Crippen molar-refractivity contribution < 1.29 is 23.7 Å². The Labute approximate surface area is 187 Å². The summed E-state index contributed by atoms with van der Waals surface area (Å²) in [5.41, 5.74) is 1.87. The molecule has 0 saturated carbocycles. The highest BCUT2D eigenvalue weighted by molar-refractivity contribution is 9.10. The van der Waals surface area contributed by atoms with Gasteiger partial charge >= 0.3 is 0 Å². The number of rotatable bonds is 8. The Morgan fingerprint density at radius 2 is 1.87 bits per heavy atom. The van der Waals surface area contributed by atoms with E-state index in [0.29, 0.717) is 50.5 Å². The fourth-order valence-corrected chi connectivity index (χ4v) is 4.04. The zero-order chi connectivity index (χ0) is 21.7. The molecule has 9 heteroatoms. The summed E-state index contributed by atoms with van der Waals surface area (Å²) >= 11 is 4.75. The summed E-state index contributed by atoms with van der Waals surface area (Å²) in [5.74, 6) is 2.07. The number of aromatic nitrogens is 1. The van der Waals surface area contributed by atoms with E-state index in [4.69, 9.17) is 18.9 Å². The average Bonchev–Trinajstić information content (AvgIpc) is 3.22. The van der Waals surface area contributed by atoms with Crippen LogP contribution in [0.2, 0.25) is 0 Å². The van der Waals surface area contributed by atoms with Gasteiger partial charge in [0.1, 0.15) is 11.5 Å². The molecule has 3 aromatic rings. The zero-order valence-corrected chi connectivity index (χ0v) is 19.3. The Morgan fingerprint density at radius 3 is 2.53 bits per heavy atom. The SMILES string of the molecule is CCOc1c(Br)cc(C(=O)Nc2nc(-c3cc(OC)ccc3OC)cs2)cc1OC. The number of thiazole rings is 1. The van der Waals surface area contributed by atoms with E-state index >= 15 is 0 Å². The van der Waals surface area contributed by atoms with Gasteiger partial charge in [0.05, 0.1) is 38.1 Å². The van der Waals surface area contributed by atoms with E-state index in [1.807, 2.05) is 30.5 Å². The summed E-state index contributed by atoms with van der Waals surface area (Å²) in [7, 11) is 4.72. The number of anilines is 1. The highest BCUT2D eigenvalue weighted by Gasteiger charge is 2.17. The van der Waals surface area contributed by atoms with Crippen LogP contribution in [0.1, 0.15) is 17.3 Å². The Hall–Kier alpha value is -2.78. The molecule has 0 radical (unpaired) electrons. The molecule has 2 aromatic carbocycles. The molecule has 1 amide bonds. The Kier molecular flexibility index (Phi) is 7.17. The van der Waals surface area contributed by atoms with Gasteiger partial charge in [-0.25, -0.2) is 4.98 Å². The summed E-state index contributed by atoms with van der Waals surface area (Å²) < 4.78 is 22.3. The topological polar surface area (TPSA) is 78.9 Å². The van der Waals surface area contributed by atoms with Crippen LogP contribution in [0, 0.1) is 0 Å². The number of carbonyl (C=O) groups excluding carboxylic acids is 1. The normalized spacial score (nSPS) is 10.4. The lowest BCUT2D eigenvalue weighted by Crippen LogP contribution is -2.12. The van der Waals surface area contributed by atoms with Crippen molar-refractivity contribution in [2.45, 2.75) is 6.92 Å². The van der Waals surface area contributed by atoms with Gasteiger partial charge in [-0.3, -0.25) is 10.1 Å². The van der Waals surface area contributed by atoms with Gasteiger partial charge in [0.2, 0.25) is 0 Å². The van der Waals surface area contributed by atoms with E-state index in [1.54, 1.807) is 26.4 Å². The molecule has 0 fully saturated rings.